The number of hydrogen-bond donors (Lipinski definition) is 1. The summed E-state index contributed by atoms with van der Waals surface area (Å²) in [5.41, 5.74) is 8.14. The number of ether oxygens (including phenoxy) is 1. The highest BCUT2D eigenvalue weighted by Crippen LogP contribution is 2.15. The highest BCUT2D eigenvalue weighted by molar-refractivity contribution is 5.22. The second-order valence-electron chi connectivity index (χ2n) is 4.94. The van der Waals surface area contributed by atoms with Crippen molar-refractivity contribution in [1.29, 1.82) is 0 Å². The Hall–Kier alpha value is -0.900. The van der Waals surface area contributed by atoms with Gasteiger partial charge >= 0.3 is 0 Å². The molecule has 1 saturated heterocycles. The summed E-state index contributed by atoms with van der Waals surface area (Å²) >= 11 is 0. The van der Waals surface area contributed by atoms with Crippen molar-refractivity contribution in [2.75, 3.05) is 13.2 Å². The van der Waals surface area contributed by atoms with Gasteiger partial charge in [-0.15, -0.1) is 0 Å². The zero-order chi connectivity index (χ0) is 12.3. The van der Waals surface area contributed by atoms with Gasteiger partial charge in [-0.25, -0.2) is 0 Å². The minimum Gasteiger partial charge on any atom is -0.376 e. The molecule has 1 aliphatic heterocycles. The second-order valence-corrected chi connectivity index (χ2v) is 4.94. The number of rotatable bonds is 3. The third-order valence-corrected chi connectivity index (χ3v) is 3.38. The highest BCUT2D eigenvalue weighted by atomic mass is 16.5. The molecule has 3 heteroatoms. The van der Waals surface area contributed by atoms with Crippen LogP contribution in [0.5, 0.6) is 0 Å². The van der Waals surface area contributed by atoms with Crippen LogP contribution in [0, 0.1) is 0 Å². The molecule has 2 unspecified atom stereocenters. The van der Waals surface area contributed by atoms with E-state index in [4.69, 9.17) is 10.5 Å². The van der Waals surface area contributed by atoms with E-state index in [1.165, 1.54) is 11.1 Å². The lowest BCUT2D eigenvalue weighted by Gasteiger charge is -2.36. The molecule has 0 spiro atoms. The summed E-state index contributed by atoms with van der Waals surface area (Å²) < 4.78 is 5.64. The monoisotopic (exact) mass is 234 g/mol. The maximum Gasteiger partial charge on any atom is 0.0674 e. The molecule has 0 aromatic heterocycles. The van der Waals surface area contributed by atoms with Crippen LogP contribution in [0.2, 0.25) is 0 Å². The minimum absolute atomic E-state index is 0.342. The largest absolute Gasteiger partial charge is 0.376 e. The van der Waals surface area contributed by atoms with Crippen molar-refractivity contribution in [3.63, 3.8) is 0 Å². The van der Waals surface area contributed by atoms with Crippen LogP contribution in [0.25, 0.3) is 0 Å². The SMILES string of the molecule is CC1CN(Cc2ccc(CN)cc2)C(C)CO1. The molecule has 0 saturated carbocycles. The fourth-order valence-corrected chi connectivity index (χ4v) is 2.21. The molecule has 1 fully saturated rings. The van der Waals surface area contributed by atoms with E-state index in [1.54, 1.807) is 0 Å². The topological polar surface area (TPSA) is 38.5 Å². The van der Waals surface area contributed by atoms with Crippen molar-refractivity contribution >= 4 is 0 Å². The lowest BCUT2D eigenvalue weighted by molar-refractivity contribution is -0.0526. The molecule has 1 aliphatic rings. The van der Waals surface area contributed by atoms with Crippen LogP contribution in [0.4, 0.5) is 0 Å². The van der Waals surface area contributed by atoms with Gasteiger partial charge in [0, 0.05) is 25.7 Å². The zero-order valence-corrected chi connectivity index (χ0v) is 10.7. The maximum atomic E-state index is 5.64. The summed E-state index contributed by atoms with van der Waals surface area (Å²) in [7, 11) is 0. The van der Waals surface area contributed by atoms with E-state index in [2.05, 4.69) is 43.0 Å². The molecule has 0 bridgehead atoms. The molecule has 2 N–H and O–H groups in total. The average molecular weight is 234 g/mol. The van der Waals surface area contributed by atoms with Gasteiger partial charge < -0.3 is 10.5 Å². The summed E-state index contributed by atoms with van der Waals surface area (Å²) in [6.07, 6.45) is 0.342. The maximum absolute atomic E-state index is 5.64. The van der Waals surface area contributed by atoms with Crippen molar-refractivity contribution < 1.29 is 4.74 Å². The van der Waals surface area contributed by atoms with E-state index >= 15 is 0 Å². The first-order chi connectivity index (χ1) is 8.19. The summed E-state index contributed by atoms with van der Waals surface area (Å²) in [6, 6.07) is 9.08. The first-order valence-electron chi connectivity index (χ1n) is 6.32. The van der Waals surface area contributed by atoms with Gasteiger partial charge in [0.05, 0.1) is 12.7 Å². The molecule has 2 rings (SSSR count). The van der Waals surface area contributed by atoms with Crippen LogP contribution >= 0.6 is 0 Å². The first kappa shape index (κ1) is 12.6. The van der Waals surface area contributed by atoms with Gasteiger partial charge in [0.15, 0.2) is 0 Å². The summed E-state index contributed by atoms with van der Waals surface area (Å²) in [5, 5.41) is 0. The lowest BCUT2D eigenvalue weighted by atomic mass is 10.1. The van der Waals surface area contributed by atoms with Crippen LogP contribution in [-0.2, 0) is 17.8 Å². The number of nitrogens with zero attached hydrogens (tertiary/aromatic N) is 1. The van der Waals surface area contributed by atoms with E-state index in [0.29, 0.717) is 18.7 Å². The van der Waals surface area contributed by atoms with Gasteiger partial charge in [0.2, 0.25) is 0 Å². The third-order valence-electron chi connectivity index (χ3n) is 3.38. The van der Waals surface area contributed by atoms with E-state index in [9.17, 15) is 0 Å². The predicted octanol–water partition coefficient (Wildman–Crippen LogP) is 1.75. The summed E-state index contributed by atoms with van der Waals surface area (Å²) in [6.45, 7) is 7.82. The zero-order valence-electron chi connectivity index (χ0n) is 10.7. The Labute approximate surface area is 104 Å². The lowest BCUT2D eigenvalue weighted by Crippen LogP contribution is -2.46. The van der Waals surface area contributed by atoms with Gasteiger partial charge in [-0.1, -0.05) is 24.3 Å². The molecule has 1 heterocycles. The summed E-state index contributed by atoms with van der Waals surface area (Å²) in [5.74, 6) is 0. The van der Waals surface area contributed by atoms with E-state index in [-0.39, 0.29) is 0 Å². The van der Waals surface area contributed by atoms with Crippen molar-refractivity contribution in [3.05, 3.63) is 35.4 Å². The second kappa shape index (κ2) is 5.63. The van der Waals surface area contributed by atoms with Gasteiger partial charge in [-0.3, -0.25) is 4.90 Å². The molecule has 1 aromatic rings. The molecule has 3 nitrogen and oxygen atoms in total. The normalized spacial score (nSPS) is 26.1. The van der Waals surface area contributed by atoms with Crippen molar-refractivity contribution in [3.8, 4) is 0 Å². The number of benzene rings is 1. The fraction of sp³-hybridized carbons (Fsp3) is 0.571. The van der Waals surface area contributed by atoms with Gasteiger partial charge in [-0.2, -0.15) is 0 Å². The first-order valence-corrected chi connectivity index (χ1v) is 6.32. The van der Waals surface area contributed by atoms with Crippen LogP contribution in [0.3, 0.4) is 0 Å². The molecular formula is C14H22N2O. The standard InChI is InChI=1S/C14H22N2O/c1-11-10-17-12(2)8-16(11)9-14-5-3-13(7-15)4-6-14/h3-6,11-12H,7-10,15H2,1-2H3. The third kappa shape index (κ3) is 3.28. The van der Waals surface area contributed by atoms with Crippen LogP contribution in [0.15, 0.2) is 24.3 Å². The fourth-order valence-electron chi connectivity index (χ4n) is 2.21. The molecule has 1 aromatic carbocycles. The number of morpholine rings is 1. The Morgan fingerprint density at radius 2 is 1.88 bits per heavy atom. The Bertz CT molecular complexity index is 350. The van der Waals surface area contributed by atoms with Gasteiger partial charge in [0.1, 0.15) is 0 Å². The Morgan fingerprint density at radius 1 is 1.24 bits per heavy atom. The van der Waals surface area contributed by atoms with Crippen LogP contribution in [-0.4, -0.2) is 30.2 Å². The molecule has 0 amide bonds. The van der Waals surface area contributed by atoms with Crippen LogP contribution < -0.4 is 5.73 Å². The quantitative estimate of drug-likeness (QED) is 0.866. The van der Waals surface area contributed by atoms with Crippen molar-refractivity contribution in [1.82, 2.24) is 4.90 Å². The van der Waals surface area contributed by atoms with E-state index in [0.717, 1.165) is 19.7 Å². The predicted molar refractivity (Wildman–Crippen MR) is 69.6 cm³/mol. The Morgan fingerprint density at radius 3 is 2.53 bits per heavy atom. The van der Waals surface area contributed by atoms with Crippen molar-refractivity contribution in [2.45, 2.75) is 39.1 Å². The Balaban J connectivity index is 1.98. The molecule has 94 valence electrons. The smallest absolute Gasteiger partial charge is 0.0674 e. The summed E-state index contributed by atoms with van der Waals surface area (Å²) in [4.78, 5) is 2.48. The average Bonchev–Trinajstić information content (AvgIpc) is 2.35. The number of nitrogens with two attached hydrogens (primary N) is 1. The van der Waals surface area contributed by atoms with Crippen molar-refractivity contribution in [2.24, 2.45) is 5.73 Å². The minimum atomic E-state index is 0.342. The molecule has 0 aliphatic carbocycles. The Kier molecular flexibility index (Phi) is 4.15. The molecule has 0 radical (unpaired) electrons. The van der Waals surface area contributed by atoms with Gasteiger partial charge in [-0.05, 0) is 25.0 Å². The molecular weight excluding hydrogens is 212 g/mol. The van der Waals surface area contributed by atoms with E-state index in [1.807, 2.05) is 0 Å². The highest BCUT2D eigenvalue weighted by Gasteiger charge is 2.23. The van der Waals surface area contributed by atoms with E-state index < -0.39 is 0 Å². The number of hydrogen-bond acceptors (Lipinski definition) is 3. The van der Waals surface area contributed by atoms with Gasteiger partial charge in [0.25, 0.3) is 0 Å². The molecule has 2 atom stereocenters. The molecule has 17 heavy (non-hydrogen) atoms. The van der Waals surface area contributed by atoms with Crippen LogP contribution in [0.1, 0.15) is 25.0 Å².